The molecule has 2 aromatic carbocycles. The summed E-state index contributed by atoms with van der Waals surface area (Å²) in [6.45, 7) is 2.59. The van der Waals surface area contributed by atoms with Gasteiger partial charge in [-0.2, -0.15) is 11.8 Å². The summed E-state index contributed by atoms with van der Waals surface area (Å²) in [6.07, 6.45) is 2.15. The van der Waals surface area contributed by atoms with Crippen LogP contribution in [-0.4, -0.2) is 24.0 Å². The highest BCUT2D eigenvalue weighted by Crippen LogP contribution is 2.16. The van der Waals surface area contributed by atoms with E-state index in [2.05, 4.69) is 29.6 Å². The smallest absolute Gasteiger partial charge is 0.234 e. The highest BCUT2D eigenvalue weighted by atomic mass is 32.2. The van der Waals surface area contributed by atoms with Crippen molar-refractivity contribution in [2.75, 3.05) is 23.4 Å². The molecule has 23 heavy (non-hydrogen) atoms. The Bertz CT molecular complexity index is 584. The van der Waals surface area contributed by atoms with Crippen LogP contribution in [-0.2, 0) is 11.2 Å². The van der Waals surface area contributed by atoms with Crippen LogP contribution in [0.15, 0.2) is 54.6 Å². The molecular weight excluding hydrogens is 306 g/mol. The van der Waals surface area contributed by atoms with E-state index in [9.17, 15) is 4.79 Å². The molecule has 1 N–H and O–H groups in total. The zero-order valence-corrected chi connectivity index (χ0v) is 14.3. The molecule has 0 radical (unpaired) electrons. The van der Waals surface area contributed by atoms with Gasteiger partial charge in [-0.05, 0) is 55.3 Å². The van der Waals surface area contributed by atoms with Gasteiger partial charge >= 0.3 is 0 Å². The zero-order chi connectivity index (χ0) is 16.3. The fourth-order valence-corrected chi connectivity index (χ4v) is 2.94. The summed E-state index contributed by atoms with van der Waals surface area (Å²) in [5, 5.41) is 2.90. The van der Waals surface area contributed by atoms with Gasteiger partial charge in [-0.15, -0.1) is 0 Å². The Labute approximate surface area is 142 Å². The first-order valence-corrected chi connectivity index (χ1v) is 9.08. The lowest BCUT2D eigenvalue weighted by molar-refractivity contribution is -0.113. The first kappa shape index (κ1) is 17.4. The lowest BCUT2D eigenvalue weighted by Crippen LogP contribution is -2.14. The van der Waals surface area contributed by atoms with E-state index in [-0.39, 0.29) is 5.91 Å². The van der Waals surface area contributed by atoms with Gasteiger partial charge in [-0.3, -0.25) is 4.79 Å². The maximum absolute atomic E-state index is 11.9. The predicted molar refractivity (Wildman–Crippen MR) is 98.3 cm³/mol. The van der Waals surface area contributed by atoms with Gasteiger partial charge in [0.1, 0.15) is 5.75 Å². The fraction of sp³-hybridized carbons (Fsp3) is 0.316. The maximum atomic E-state index is 11.9. The number of hydrogen-bond acceptors (Lipinski definition) is 3. The summed E-state index contributed by atoms with van der Waals surface area (Å²) in [5.74, 6) is 2.34. The molecule has 0 aromatic heterocycles. The molecule has 2 rings (SSSR count). The van der Waals surface area contributed by atoms with E-state index >= 15 is 0 Å². The van der Waals surface area contributed by atoms with E-state index in [1.165, 1.54) is 5.56 Å². The number of anilines is 1. The Morgan fingerprint density at radius 1 is 1.09 bits per heavy atom. The molecule has 0 atom stereocenters. The number of hydrogen-bond donors (Lipinski definition) is 1. The Balaban J connectivity index is 1.61. The lowest BCUT2D eigenvalue weighted by atomic mass is 10.1. The molecular formula is C19H23NO2S. The Hall–Kier alpha value is -1.94. The first-order valence-electron chi connectivity index (χ1n) is 7.92. The van der Waals surface area contributed by atoms with Crippen molar-refractivity contribution in [1.29, 1.82) is 0 Å². The predicted octanol–water partition coefficient (Wildman–Crippen LogP) is 4.39. The van der Waals surface area contributed by atoms with Crippen molar-refractivity contribution in [3.05, 3.63) is 60.2 Å². The average molecular weight is 329 g/mol. The summed E-state index contributed by atoms with van der Waals surface area (Å²) in [5.41, 5.74) is 2.16. The third-order valence-electron chi connectivity index (χ3n) is 3.28. The van der Waals surface area contributed by atoms with Crippen LogP contribution in [0.1, 0.15) is 18.9 Å². The molecule has 0 saturated heterocycles. The van der Waals surface area contributed by atoms with Crippen LogP contribution in [0, 0.1) is 0 Å². The fourth-order valence-electron chi connectivity index (χ4n) is 2.19. The Morgan fingerprint density at radius 2 is 1.83 bits per heavy atom. The highest BCUT2D eigenvalue weighted by molar-refractivity contribution is 7.99. The van der Waals surface area contributed by atoms with E-state index < -0.39 is 0 Å². The first-order chi connectivity index (χ1) is 11.3. The number of thioether (sulfide) groups is 1. The molecule has 1 amide bonds. The van der Waals surface area contributed by atoms with E-state index in [0.717, 1.165) is 30.0 Å². The number of benzene rings is 2. The van der Waals surface area contributed by atoms with Crippen LogP contribution in [0.25, 0.3) is 0 Å². The van der Waals surface area contributed by atoms with Crippen LogP contribution >= 0.6 is 11.8 Å². The summed E-state index contributed by atoms with van der Waals surface area (Å²) in [4.78, 5) is 11.9. The molecule has 0 unspecified atom stereocenters. The maximum Gasteiger partial charge on any atom is 0.234 e. The van der Waals surface area contributed by atoms with Gasteiger partial charge in [0.2, 0.25) is 5.91 Å². The quantitative estimate of drug-likeness (QED) is 0.693. The van der Waals surface area contributed by atoms with Crippen molar-refractivity contribution in [1.82, 2.24) is 0 Å². The summed E-state index contributed by atoms with van der Waals surface area (Å²) >= 11 is 1.67. The molecule has 0 saturated carbocycles. The van der Waals surface area contributed by atoms with Crippen LogP contribution in [0.4, 0.5) is 5.69 Å². The standard InChI is InChI=1S/C19H23NO2S/c1-2-22-18-12-10-17(11-13-18)20-19(21)15-23-14-6-9-16-7-4-3-5-8-16/h3-5,7-8,10-13H,2,6,9,14-15H2,1H3,(H,20,21). The molecule has 2 aromatic rings. The van der Waals surface area contributed by atoms with Crippen molar-refractivity contribution in [2.45, 2.75) is 19.8 Å². The summed E-state index contributed by atoms with van der Waals surface area (Å²) in [7, 11) is 0. The van der Waals surface area contributed by atoms with E-state index in [1.807, 2.05) is 37.3 Å². The Morgan fingerprint density at radius 3 is 2.52 bits per heavy atom. The molecule has 0 spiro atoms. The number of carbonyl (C=O) groups excluding carboxylic acids is 1. The minimum atomic E-state index is 0.0406. The largest absolute Gasteiger partial charge is 0.494 e. The van der Waals surface area contributed by atoms with Crippen LogP contribution in [0.5, 0.6) is 5.75 Å². The molecule has 0 aliphatic carbocycles. The van der Waals surface area contributed by atoms with Crippen molar-refractivity contribution >= 4 is 23.4 Å². The van der Waals surface area contributed by atoms with Crippen molar-refractivity contribution < 1.29 is 9.53 Å². The van der Waals surface area contributed by atoms with Gasteiger partial charge in [0, 0.05) is 5.69 Å². The SMILES string of the molecule is CCOc1ccc(NC(=O)CSCCCc2ccccc2)cc1. The van der Waals surface area contributed by atoms with Crippen LogP contribution in [0.2, 0.25) is 0 Å². The number of ether oxygens (including phenoxy) is 1. The second-order valence-electron chi connectivity index (χ2n) is 5.15. The Kier molecular flexibility index (Phi) is 7.54. The normalized spacial score (nSPS) is 10.3. The topological polar surface area (TPSA) is 38.3 Å². The second kappa shape index (κ2) is 9.95. The number of rotatable bonds is 9. The van der Waals surface area contributed by atoms with Gasteiger partial charge in [-0.25, -0.2) is 0 Å². The molecule has 0 fully saturated rings. The van der Waals surface area contributed by atoms with E-state index in [0.29, 0.717) is 12.4 Å². The molecule has 0 bridgehead atoms. The van der Waals surface area contributed by atoms with E-state index in [1.54, 1.807) is 11.8 Å². The molecule has 122 valence electrons. The number of nitrogens with one attached hydrogen (secondary N) is 1. The molecule has 3 nitrogen and oxygen atoms in total. The lowest BCUT2D eigenvalue weighted by Gasteiger charge is -2.07. The molecule has 0 aliphatic heterocycles. The van der Waals surface area contributed by atoms with Crippen LogP contribution in [0.3, 0.4) is 0 Å². The van der Waals surface area contributed by atoms with Crippen LogP contribution < -0.4 is 10.1 Å². The van der Waals surface area contributed by atoms with Gasteiger partial charge < -0.3 is 10.1 Å². The van der Waals surface area contributed by atoms with Gasteiger partial charge in [0.15, 0.2) is 0 Å². The average Bonchev–Trinajstić information content (AvgIpc) is 2.57. The monoisotopic (exact) mass is 329 g/mol. The van der Waals surface area contributed by atoms with E-state index in [4.69, 9.17) is 4.74 Å². The number of carbonyl (C=O) groups is 1. The number of amides is 1. The highest BCUT2D eigenvalue weighted by Gasteiger charge is 2.03. The summed E-state index contributed by atoms with van der Waals surface area (Å²) in [6, 6.07) is 17.9. The van der Waals surface area contributed by atoms with Gasteiger partial charge in [-0.1, -0.05) is 30.3 Å². The van der Waals surface area contributed by atoms with Gasteiger partial charge in [0.05, 0.1) is 12.4 Å². The van der Waals surface area contributed by atoms with Crippen molar-refractivity contribution in [2.24, 2.45) is 0 Å². The van der Waals surface area contributed by atoms with Gasteiger partial charge in [0.25, 0.3) is 0 Å². The summed E-state index contributed by atoms with van der Waals surface area (Å²) < 4.78 is 5.38. The minimum Gasteiger partial charge on any atom is -0.494 e. The third-order valence-corrected chi connectivity index (χ3v) is 4.32. The molecule has 4 heteroatoms. The second-order valence-corrected chi connectivity index (χ2v) is 6.25. The third kappa shape index (κ3) is 6.78. The van der Waals surface area contributed by atoms with Crippen molar-refractivity contribution in [3.8, 4) is 5.75 Å². The molecule has 0 heterocycles. The number of aryl methyl sites for hydroxylation is 1. The zero-order valence-electron chi connectivity index (χ0n) is 13.5. The van der Waals surface area contributed by atoms with Crippen molar-refractivity contribution in [3.63, 3.8) is 0 Å². The minimum absolute atomic E-state index is 0.0406. The molecule has 0 aliphatic rings.